The minimum Gasteiger partial charge on any atom is -0.397 e. The molecule has 1 aromatic heterocycles. The quantitative estimate of drug-likeness (QED) is 0.876. The van der Waals surface area contributed by atoms with Gasteiger partial charge in [0.05, 0.1) is 5.69 Å². The lowest BCUT2D eigenvalue weighted by Gasteiger charge is -2.10. The van der Waals surface area contributed by atoms with Crippen LogP contribution in [0.3, 0.4) is 0 Å². The Morgan fingerprint density at radius 1 is 1.55 bits per heavy atom. The number of fused-ring (bicyclic) bond motifs is 1. The molecule has 0 aliphatic heterocycles. The Labute approximate surface area is 131 Å². The molecule has 0 aliphatic carbocycles. The molecule has 1 unspecified atom stereocenters. The smallest absolute Gasteiger partial charge is 0.263 e. The first-order valence-corrected chi connectivity index (χ1v) is 8.86. The van der Waals surface area contributed by atoms with E-state index in [1.165, 1.54) is 11.3 Å². The van der Waals surface area contributed by atoms with Crippen molar-refractivity contribution >= 4 is 56.4 Å². The van der Waals surface area contributed by atoms with Gasteiger partial charge in [-0.25, -0.2) is 0 Å². The molecule has 20 heavy (non-hydrogen) atoms. The van der Waals surface area contributed by atoms with Gasteiger partial charge in [0.25, 0.3) is 5.91 Å². The molecule has 2 rings (SSSR count). The highest BCUT2D eigenvalue weighted by Crippen LogP contribution is 2.35. The van der Waals surface area contributed by atoms with E-state index in [2.05, 4.69) is 18.5 Å². The van der Waals surface area contributed by atoms with Crippen molar-refractivity contribution in [1.82, 2.24) is 5.32 Å². The van der Waals surface area contributed by atoms with Crippen LogP contribution in [0.4, 0.5) is 5.69 Å². The van der Waals surface area contributed by atoms with Crippen LogP contribution in [-0.2, 0) is 0 Å². The summed E-state index contributed by atoms with van der Waals surface area (Å²) >= 11 is 9.12. The SMILES string of the molecule is CSCC(C)CNC(=O)c1sc2cc(Cl)ccc2c1N. The van der Waals surface area contributed by atoms with E-state index >= 15 is 0 Å². The fraction of sp³-hybridized carbons (Fsp3) is 0.357. The van der Waals surface area contributed by atoms with Crippen LogP contribution in [0.15, 0.2) is 18.2 Å². The van der Waals surface area contributed by atoms with Crippen molar-refractivity contribution in [2.75, 3.05) is 24.3 Å². The first-order valence-electron chi connectivity index (χ1n) is 6.27. The molecule has 1 amide bonds. The van der Waals surface area contributed by atoms with Gasteiger partial charge in [-0.15, -0.1) is 11.3 Å². The maximum Gasteiger partial charge on any atom is 0.263 e. The van der Waals surface area contributed by atoms with Crippen molar-refractivity contribution in [2.45, 2.75) is 6.92 Å². The van der Waals surface area contributed by atoms with E-state index in [-0.39, 0.29) is 5.91 Å². The van der Waals surface area contributed by atoms with E-state index in [0.717, 1.165) is 15.8 Å². The Hall–Kier alpha value is -0.910. The predicted molar refractivity (Wildman–Crippen MR) is 91.1 cm³/mol. The van der Waals surface area contributed by atoms with Gasteiger partial charge in [0, 0.05) is 21.7 Å². The number of nitrogen functional groups attached to an aromatic ring is 1. The summed E-state index contributed by atoms with van der Waals surface area (Å²) in [4.78, 5) is 12.8. The van der Waals surface area contributed by atoms with Crippen LogP contribution in [0, 0.1) is 5.92 Å². The Balaban J connectivity index is 2.16. The third kappa shape index (κ3) is 3.40. The molecule has 108 valence electrons. The van der Waals surface area contributed by atoms with Gasteiger partial charge >= 0.3 is 0 Å². The highest BCUT2D eigenvalue weighted by atomic mass is 35.5. The average Bonchev–Trinajstić information content (AvgIpc) is 2.73. The summed E-state index contributed by atoms with van der Waals surface area (Å²) in [5.74, 6) is 1.37. The summed E-state index contributed by atoms with van der Waals surface area (Å²) in [5.41, 5.74) is 6.60. The van der Waals surface area contributed by atoms with E-state index in [1.54, 1.807) is 17.8 Å². The number of carbonyl (C=O) groups excluding carboxylic acids is 1. The second kappa shape index (κ2) is 6.70. The molecule has 0 saturated carbocycles. The van der Waals surface area contributed by atoms with Crippen LogP contribution < -0.4 is 11.1 Å². The van der Waals surface area contributed by atoms with Crippen LogP contribution in [0.2, 0.25) is 5.02 Å². The number of thiophene rings is 1. The number of rotatable bonds is 5. The molecule has 1 aromatic carbocycles. The number of benzene rings is 1. The lowest BCUT2D eigenvalue weighted by Crippen LogP contribution is -2.28. The number of hydrogen-bond acceptors (Lipinski definition) is 4. The molecule has 0 radical (unpaired) electrons. The molecule has 2 aromatic rings. The minimum absolute atomic E-state index is 0.104. The van der Waals surface area contributed by atoms with E-state index in [1.807, 2.05) is 12.1 Å². The average molecular weight is 329 g/mol. The summed E-state index contributed by atoms with van der Waals surface area (Å²) in [6, 6.07) is 5.48. The maximum atomic E-state index is 12.2. The molecular weight excluding hydrogens is 312 g/mol. The van der Waals surface area contributed by atoms with Crippen LogP contribution >= 0.6 is 34.7 Å². The Morgan fingerprint density at radius 2 is 2.30 bits per heavy atom. The molecule has 0 bridgehead atoms. The number of thioether (sulfide) groups is 1. The minimum atomic E-state index is -0.104. The zero-order valence-electron chi connectivity index (χ0n) is 11.4. The van der Waals surface area contributed by atoms with Gasteiger partial charge < -0.3 is 11.1 Å². The number of anilines is 1. The lowest BCUT2D eigenvalue weighted by atomic mass is 10.2. The standard InChI is InChI=1S/C14H17ClN2OS2/c1-8(7-19-2)6-17-14(18)13-12(16)10-4-3-9(15)5-11(10)20-13/h3-5,8H,6-7,16H2,1-2H3,(H,17,18). The van der Waals surface area contributed by atoms with Crippen molar-refractivity contribution in [3.05, 3.63) is 28.1 Å². The number of nitrogens with one attached hydrogen (secondary N) is 1. The van der Waals surface area contributed by atoms with Gasteiger partial charge in [-0.05, 0) is 36.1 Å². The van der Waals surface area contributed by atoms with Gasteiger partial charge in [0.15, 0.2) is 0 Å². The molecule has 1 heterocycles. The van der Waals surface area contributed by atoms with Crippen LogP contribution in [0.1, 0.15) is 16.6 Å². The monoisotopic (exact) mass is 328 g/mol. The molecule has 0 saturated heterocycles. The molecule has 0 spiro atoms. The van der Waals surface area contributed by atoms with Gasteiger partial charge in [-0.2, -0.15) is 11.8 Å². The van der Waals surface area contributed by atoms with Crippen molar-refractivity contribution < 1.29 is 4.79 Å². The molecule has 0 aliphatic rings. The highest BCUT2D eigenvalue weighted by Gasteiger charge is 2.16. The molecule has 3 nitrogen and oxygen atoms in total. The zero-order chi connectivity index (χ0) is 14.7. The van der Waals surface area contributed by atoms with Crippen molar-refractivity contribution in [3.63, 3.8) is 0 Å². The second-order valence-electron chi connectivity index (χ2n) is 4.76. The van der Waals surface area contributed by atoms with E-state index in [4.69, 9.17) is 17.3 Å². The predicted octanol–water partition coefficient (Wildman–Crippen LogP) is 3.87. The van der Waals surface area contributed by atoms with Crippen molar-refractivity contribution in [1.29, 1.82) is 0 Å². The molecule has 0 fully saturated rings. The Kier molecular flexibility index (Phi) is 5.18. The molecule has 6 heteroatoms. The largest absolute Gasteiger partial charge is 0.397 e. The van der Waals surface area contributed by atoms with Gasteiger partial charge in [0.1, 0.15) is 4.88 Å². The second-order valence-corrected chi connectivity index (χ2v) is 7.16. The summed E-state index contributed by atoms with van der Waals surface area (Å²) in [6.45, 7) is 2.78. The summed E-state index contributed by atoms with van der Waals surface area (Å²) in [5, 5.41) is 4.49. The van der Waals surface area contributed by atoms with Crippen LogP contribution in [0.25, 0.3) is 10.1 Å². The van der Waals surface area contributed by atoms with E-state index in [9.17, 15) is 4.79 Å². The van der Waals surface area contributed by atoms with Crippen molar-refractivity contribution in [3.8, 4) is 0 Å². The number of amides is 1. The van der Waals surface area contributed by atoms with Gasteiger partial charge in [-0.3, -0.25) is 4.79 Å². The summed E-state index contributed by atoms with van der Waals surface area (Å²) in [6.07, 6.45) is 2.06. The summed E-state index contributed by atoms with van der Waals surface area (Å²) < 4.78 is 0.942. The highest BCUT2D eigenvalue weighted by molar-refractivity contribution is 7.98. The van der Waals surface area contributed by atoms with Crippen molar-refractivity contribution in [2.24, 2.45) is 5.92 Å². The third-order valence-corrected chi connectivity index (χ3v) is 5.26. The fourth-order valence-corrected chi connectivity index (χ4v) is 3.95. The maximum absolute atomic E-state index is 12.2. The zero-order valence-corrected chi connectivity index (χ0v) is 13.8. The van der Waals surface area contributed by atoms with Crippen LogP contribution in [-0.4, -0.2) is 24.5 Å². The summed E-state index contributed by atoms with van der Waals surface area (Å²) in [7, 11) is 0. The number of carbonyl (C=O) groups is 1. The van der Waals surface area contributed by atoms with E-state index < -0.39 is 0 Å². The fourth-order valence-electron chi connectivity index (χ4n) is 1.95. The first kappa shape index (κ1) is 15.5. The number of hydrogen-bond donors (Lipinski definition) is 2. The van der Waals surface area contributed by atoms with Gasteiger partial charge in [-0.1, -0.05) is 18.5 Å². The van der Waals surface area contributed by atoms with E-state index in [0.29, 0.717) is 28.0 Å². The number of nitrogens with two attached hydrogens (primary N) is 1. The molecule has 3 N–H and O–H groups in total. The topological polar surface area (TPSA) is 55.1 Å². The molecular formula is C14H17ClN2OS2. The Bertz CT molecular complexity index is 627. The molecule has 1 atom stereocenters. The van der Waals surface area contributed by atoms with Gasteiger partial charge in [0.2, 0.25) is 0 Å². The van der Waals surface area contributed by atoms with Crippen LogP contribution in [0.5, 0.6) is 0 Å². The lowest BCUT2D eigenvalue weighted by molar-refractivity contribution is 0.0954. The Morgan fingerprint density at radius 3 is 3.00 bits per heavy atom. The first-order chi connectivity index (χ1) is 9.52. The third-order valence-electron chi connectivity index (χ3n) is 2.96. The number of halogens is 1. The normalized spacial score (nSPS) is 12.6.